The van der Waals surface area contributed by atoms with E-state index in [-0.39, 0.29) is 11.8 Å². The molecule has 98 valence electrons. The maximum atomic E-state index is 12.1. The third-order valence-corrected chi connectivity index (χ3v) is 4.42. The number of alkyl halides is 1. The Kier molecular flexibility index (Phi) is 5.11. The molecule has 0 aromatic rings. The first-order valence-electron chi connectivity index (χ1n) is 6.75. The smallest absolute Gasteiger partial charge is 0.223 e. The van der Waals surface area contributed by atoms with E-state index >= 15 is 0 Å². The van der Waals surface area contributed by atoms with Crippen molar-refractivity contribution in [2.45, 2.75) is 44.6 Å². The average molecular weight is 260 g/mol. The van der Waals surface area contributed by atoms with Gasteiger partial charge in [-0.05, 0) is 31.6 Å². The van der Waals surface area contributed by atoms with Gasteiger partial charge in [0.1, 0.15) is 0 Å². The molecule has 4 heteroatoms. The molecule has 1 amide bonds. The van der Waals surface area contributed by atoms with Crippen molar-refractivity contribution in [3.05, 3.63) is 0 Å². The van der Waals surface area contributed by atoms with E-state index in [1.165, 1.54) is 12.8 Å². The number of ether oxygens (including phenoxy) is 1. The van der Waals surface area contributed by atoms with E-state index in [4.69, 9.17) is 16.3 Å². The monoisotopic (exact) mass is 259 g/mol. The molecule has 0 aromatic carbocycles. The van der Waals surface area contributed by atoms with E-state index in [2.05, 4.69) is 5.32 Å². The second-order valence-corrected chi connectivity index (χ2v) is 5.51. The molecule has 1 aliphatic heterocycles. The van der Waals surface area contributed by atoms with Crippen molar-refractivity contribution < 1.29 is 9.53 Å². The van der Waals surface area contributed by atoms with Gasteiger partial charge in [0.15, 0.2) is 0 Å². The quantitative estimate of drug-likeness (QED) is 0.790. The third kappa shape index (κ3) is 3.59. The fraction of sp³-hybridized carbons (Fsp3) is 0.923. The van der Waals surface area contributed by atoms with Gasteiger partial charge in [-0.1, -0.05) is 12.8 Å². The second-order valence-electron chi connectivity index (χ2n) is 5.20. The predicted molar refractivity (Wildman–Crippen MR) is 68.2 cm³/mol. The summed E-state index contributed by atoms with van der Waals surface area (Å²) in [5.74, 6) is 1.50. The Bertz CT molecular complexity index is 254. The molecule has 3 nitrogen and oxygen atoms in total. The Morgan fingerprint density at radius 2 is 1.88 bits per heavy atom. The zero-order valence-electron chi connectivity index (χ0n) is 10.3. The number of hydrogen-bond donors (Lipinski definition) is 1. The van der Waals surface area contributed by atoms with Gasteiger partial charge in [-0.15, -0.1) is 11.6 Å². The first-order chi connectivity index (χ1) is 8.31. The molecule has 1 saturated carbocycles. The Morgan fingerprint density at radius 1 is 1.18 bits per heavy atom. The minimum atomic E-state index is 0.154. The van der Waals surface area contributed by atoms with E-state index in [0.717, 1.165) is 38.9 Å². The molecule has 2 rings (SSSR count). The molecule has 1 aliphatic carbocycles. The number of nitrogens with one attached hydrogen (secondary N) is 1. The molecule has 1 heterocycles. The van der Waals surface area contributed by atoms with Gasteiger partial charge in [-0.3, -0.25) is 4.79 Å². The number of rotatable bonds is 3. The van der Waals surface area contributed by atoms with Crippen molar-refractivity contribution in [2.75, 3.05) is 19.1 Å². The topological polar surface area (TPSA) is 38.3 Å². The van der Waals surface area contributed by atoms with Crippen LogP contribution in [0.25, 0.3) is 0 Å². The summed E-state index contributed by atoms with van der Waals surface area (Å²) in [7, 11) is 0. The van der Waals surface area contributed by atoms with Crippen molar-refractivity contribution in [1.29, 1.82) is 0 Å². The molecule has 0 spiro atoms. The van der Waals surface area contributed by atoms with Crippen molar-refractivity contribution in [3.8, 4) is 0 Å². The highest BCUT2D eigenvalue weighted by molar-refractivity contribution is 6.18. The first kappa shape index (κ1) is 13.2. The number of carbonyl (C=O) groups excluding carboxylic acids is 1. The Labute approximate surface area is 108 Å². The molecule has 1 N–H and O–H groups in total. The van der Waals surface area contributed by atoms with Crippen LogP contribution < -0.4 is 5.32 Å². The van der Waals surface area contributed by atoms with Gasteiger partial charge in [0.2, 0.25) is 5.91 Å². The SMILES string of the molecule is O=C(NC1CCCCC1CCl)C1CCOCC1. The van der Waals surface area contributed by atoms with Crippen LogP contribution >= 0.6 is 11.6 Å². The van der Waals surface area contributed by atoms with E-state index in [1.54, 1.807) is 0 Å². The van der Waals surface area contributed by atoms with E-state index < -0.39 is 0 Å². The van der Waals surface area contributed by atoms with Crippen LogP contribution in [0.2, 0.25) is 0 Å². The summed E-state index contributed by atoms with van der Waals surface area (Å²) in [5, 5.41) is 3.21. The van der Waals surface area contributed by atoms with Crippen LogP contribution in [-0.2, 0) is 9.53 Å². The first-order valence-corrected chi connectivity index (χ1v) is 7.29. The maximum absolute atomic E-state index is 12.1. The molecule has 2 fully saturated rings. The number of carbonyl (C=O) groups is 1. The van der Waals surface area contributed by atoms with E-state index in [1.807, 2.05) is 0 Å². The summed E-state index contributed by atoms with van der Waals surface area (Å²) in [5.41, 5.74) is 0. The Hall–Kier alpha value is -0.280. The molecular weight excluding hydrogens is 238 g/mol. The minimum Gasteiger partial charge on any atom is -0.381 e. The summed E-state index contributed by atoms with van der Waals surface area (Å²) in [6.45, 7) is 1.45. The molecular formula is C13H22ClNO2. The minimum absolute atomic E-state index is 0.154. The van der Waals surface area contributed by atoms with Crippen molar-refractivity contribution in [1.82, 2.24) is 5.32 Å². The summed E-state index contributed by atoms with van der Waals surface area (Å²) in [4.78, 5) is 12.1. The van der Waals surface area contributed by atoms with Gasteiger partial charge < -0.3 is 10.1 Å². The summed E-state index contributed by atoms with van der Waals surface area (Å²) >= 11 is 5.97. The van der Waals surface area contributed by atoms with Crippen LogP contribution in [0.15, 0.2) is 0 Å². The summed E-state index contributed by atoms with van der Waals surface area (Å²) in [6.07, 6.45) is 6.44. The molecule has 0 radical (unpaired) electrons. The largest absolute Gasteiger partial charge is 0.381 e. The van der Waals surface area contributed by atoms with Crippen LogP contribution in [0.4, 0.5) is 0 Å². The van der Waals surface area contributed by atoms with E-state index in [0.29, 0.717) is 17.8 Å². The number of hydrogen-bond acceptors (Lipinski definition) is 2. The molecule has 17 heavy (non-hydrogen) atoms. The fourth-order valence-electron chi connectivity index (χ4n) is 2.84. The standard InChI is InChI=1S/C13H22ClNO2/c14-9-11-3-1-2-4-12(11)15-13(16)10-5-7-17-8-6-10/h10-12H,1-9H2,(H,15,16). The highest BCUT2D eigenvalue weighted by atomic mass is 35.5. The fourth-order valence-corrected chi connectivity index (χ4v) is 3.21. The van der Waals surface area contributed by atoms with Gasteiger partial charge in [0, 0.05) is 31.1 Å². The van der Waals surface area contributed by atoms with Gasteiger partial charge in [0.25, 0.3) is 0 Å². The van der Waals surface area contributed by atoms with Gasteiger partial charge in [-0.25, -0.2) is 0 Å². The highest BCUT2D eigenvalue weighted by Gasteiger charge is 2.29. The van der Waals surface area contributed by atoms with Crippen molar-refractivity contribution >= 4 is 17.5 Å². The van der Waals surface area contributed by atoms with Gasteiger partial charge in [0.05, 0.1) is 0 Å². The molecule has 0 bridgehead atoms. The molecule has 2 atom stereocenters. The predicted octanol–water partition coefficient (Wildman–Crippen LogP) is 2.33. The van der Waals surface area contributed by atoms with Crippen LogP contribution in [0.3, 0.4) is 0 Å². The zero-order valence-corrected chi connectivity index (χ0v) is 11.0. The Balaban J connectivity index is 1.83. The molecule has 2 aliphatic rings. The van der Waals surface area contributed by atoms with Crippen LogP contribution in [-0.4, -0.2) is 31.0 Å². The lowest BCUT2D eigenvalue weighted by molar-refractivity contribution is -0.129. The number of halogens is 1. The number of amides is 1. The van der Waals surface area contributed by atoms with E-state index in [9.17, 15) is 4.79 Å². The summed E-state index contributed by atoms with van der Waals surface area (Å²) in [6, 6.07) is 0.302. The van der Waals surface area contributed by atoms with Crippen LogP contribution in [0.5, 0.6) is 0 Å². The molecule has 1 saturated heterocycles. The average Bonchev–Trinajstić information content (AvgIpc) is 2.40. The second kappa shape index (κ2) is 6.60. The van der Waals surface area contributed by atoms with Crippen molar-refractivity contribution in [3.63, 3.8) is 0 Å². The van der Waals surface area contributed by atoms with Crippen LogP contribution in [0.1, 0.15) is 38.5 Å². The molecule has 2 unspecified atom stereocenters. The van der Waals surface area contributed by atoms with Gasteiger partial charge in [-0.2, -0.15) is 0 Å². The Morgan fingerprint density at radius 3 is 2.59 bits per heavy atom. The van der Waals surface area contributed by atoms with Crippen molar-refractivity contribution in [2.24, 2.45) is 11.8 Å². The zero-order chi connectivity index (χ0) is 12.1. The highest BCUT2D eigenvalue weighted by Crippen LogP contribution is 2.26. The lowest BCUT2D eigenvalue weighted by Crippen LogP contribution is -2.46. The van der Waals surface area contributed by atoms with Gasteiger partial charge >= 0.3 is 0 Å². The summed E-state index contributed by atoms with van der Waals surface area (Å²) < 4.78 is 5.28. The lowest BCUT2D eigenvalue weighted by atomic mass is 9.85. The third-order valence-electron chi connectivity index (χ3n) is 4.03. The van der Waals surface area contributed by atoms with Crippen LogP contribution in [0, 0.1) is 11.8 Å². The molecule has 0 aromatic heterocycles. The lowest BCUT2D eigenvalue weighted by Gasteiger charge is -2.32. The normalized spacial score (nSPS) is 31.1. The maximum Gasteiger partial charge on any atom is 0.223 e.